The average molecular weight is 264 g/mol. The van der Waals surface area contributed by atoms with Crippen LogP contribution in [0.2, 0.25) is 0 Å². The second kappa shape index (κ2) is 8.94. The SMILES string of the molecule is CCCN(CC)CC(NCC)c1ccc(OC)cc1. The van der Waals surface area contributed by atoms with Gasteiger partial charge in [0.15, 0.2) is 0 Å². The quantitative estimate of drug-likeness (QED) is 0.742. The largest absolute Gasteiger partial charge is 0.497 e. The van der Waals surface area contributed by atoms with Gasteiger partial charge in [-0.25, -0.2) is 0 Å². The minimum atomic E-state index is 0.391. The van der Waals surface area contributed by atoms with Gasteiger partial charge in [0.2, 0.25) is 0 Å². The van der Waals surface area contributed by atoms with E-state index in [-0.39, 0.29) is 0 Å². The lowest BCUT2D eigenvalue weighted by molar-refractivity contribution is 0.255. The molecule has 1 aromatic carbocycles. The van der Waals surface area contributed by atoms with Crippen molar-refractivity contribution in [3.05, 3.63) is 29.8 Å². The minimum absolute atomic E-state index is 0.391. The average Bonchev–Trinajstić information content (AvgIpc) is 2.46. The number of methoxy groups -OCH3 is 1. The van der Waals surface area contributed by atoms with Crippen LogP contribution < -0.4 is 10.1 Å². The normalized spacial score (nSPS) is 12.7. The standard InChI is InChI=1S/C16H28N2O/c1-5-12-18(7-3)13-16(17-6-2)14-8-10-15(19-4)11-9-14/h8-11,16-17H,5-7,12-13H2,1-4H3. The van der Waals surface area contributed by atoms with Crippen LogP contribution in [-0.4, -0.2) is 38.2 Å². The molecule has 0 fully saturated rings. The van der Waals surface area contributed by atoms with Crippen molar-refractivity contribution in [2.45, 2.75) is 33.2 Å². The summed E-state index contributed by atoms with van der Waals surface area (Å²) < 4.78 is 5.22. The van der Waals surface area contributed by atoms with Gasteiger partial charge in [-0.3, -0.25) is 0 Å². The zero-order valence-corrected chi connectivity index (χ0v) is 12.8. The number of rotatable bonds is 9. The number of likely N-dealkylation sites (N-methyl/N-ethyl adjacent to an activating group) is 2. The summed E-state index contributed by atoms with van der Waals surface area (Å²) in [6.07, 6.45) is 1.20. The first kappa shape index (κ1) is 16.0. The Morgan fingerprint density at radius 2 is 1.84 bits per heavy atom. The molecule has 0 radical (unpaired) electrons. The van der Waals surface area contributed by atoms with Crippen molar-refractivity contribution in [3.63, 3.8) is 0 Å². The van der Waals surface area contributed by atoms with E-state index in [4.69, 9.17) is 4.74 Å². The molecule has 19 heavy (non-hydrogen) atoms. The summed E-state index contributed by atoms with van der Waals surface area (Å²) in [6, 6.07) is 8.78. The van der Waals surface area contributed by atoms with E-state index in [9.17, 15) is 0 Å². The van der Waals surface area contributed by atoms with Crippen molar-refractivity contribution in [3.8, 4) is 5.75 Å². The highest BCUT2D eigenvalue weighted by molar-refractivity contribution is 5.29. The van der Waals surface area contributed by atoms with Crippen molar-refractivity contribution in [1.82, 2.24) is 10.2 Å². The maximum Gasteiger partial charge on any atom is 0.118 e. The molecule has 1 rings (SSSR count). The van der Waals surface area contributed by atoms with Gasteiger partial charge in [0, 0.05) is 12.6 Å². The highest BCUT2D eigenvalue weighted by atomic mass is 16.5. The number of nitrogens with one attached hydrogen (secondary N) is 1. The van der Waals surface area contributed by atoms with Gasteiger partial charge in [-0.15, -0.1) is 0 Å². The molecule has 0 saturated carbocycles. The van der Waals surface area contributed by atoms with Gasteiger partial charge in [-0.05, 0) is 43.8 Å². The van der Waals surface area contributed by atoms with E-state index in [0.29, 0.717) is 6.04 Å². The summed E-state index contributed by atoms with van der Waals surface area (Å²) >= 11 is 0. The molecule has 0 aromatic heterocycles. The highest BCUT2D eigenvalue weighted by Crippen LogP contribution is 2.18. The predicted octanol–water partition coefficient (Wildman–Crippen LogP) is 3.08. The van der Waals surface area contributed by atoms with Crippen molar-refractivity contribution in [2.24, 2.45) is 0 Å². The van der Waals surface area contributed by atoms with Crippen LogP contribution in [0.25, 0.3) is 0 Å². The Labute approximate surface area is 118 Å². The molecule has 0 saturated heterocycles. The molecule has 1 aromatic rings. The zero-order chi connectivity index (χ0) is 14.1. The molecule has 0 amide bonds. The summed E-state index contributed by atoms with van der Waals surface area (Å²) in [5.74, 6) is 0.917. The summed E-state index contributed by atoms with van der Waals surface area (Å²) in [6.45, 7) is 10.9. The van der Waals surface area contributed by atoms with E-state index >= 15 is 0 Å². The molecule has 1 unspecified atom stereocenters. The Morgan fingerprint density at radius 3 is 2.32 bits per heavy atom. The van der Waals surface area contributed by atoms with E-state index in [0.717, 1.165) is 31.9 Å². The number of hydrogen-bond acceptors (Lipinski definition) is 3. The Bertz CT molecular complexity index is 337. The number of ether oxygens (including phenoxy) is 1. The highest BCUT2D eigenvalue weighted by Gasteiger charge is 2.13. The van der Waals surface area contributed by atoms with Crippen molar-refractivity contribution in [1.29, 1.82) is 0 Å². The number of nitrogens with zero attached hydrogens (tertiary/aromatic N) is 1. The van der Waals surface area contributed by atoms with Gasteiger partial charge in [0.05, 0.1) is 7.11 Å². The third-order valence-electron chi connectivity index (χ3n) is 3.40. The molecule has 0 spiro atoms. The molecular formula is C16H28N2O. The third kappa shape index (κ3) is 5.21. The lowest BCUT2D eigenvalue weighted by Crippen LogP contribution is -2.35. The van der Waals surface area contributed by atoms with Crippen molar-refractivity contribution in [2.75, 3.05) is 33.3 Å². The van der Waals surface area contributed by atoms with Crippen LogP contribution in [0.1, 0.15) is 38.8 Å². The van der Waals surface area contributed by atoms with E-state index in [1.165, 1.54) is 12.0 Å². The van der Waals surface area contributed by atoms with E-state index in [2.05, 4.69) is 43.1 Å². The molecule has 0 heterocycles. The van der Waals surface area contributed by atoms with E-state index < -0.39 is 0 Å². The van der Waals surface area contributed by atoms with Gasteiger partial charge in [-0.1, -0.05) is 32.9 Å². The first-order valence-electron chi connectivity index (χ1n) is 7.34. The molecule has 0 aliphatic heterocycles. The summed E-state index contributed by atoms with van der Waals surface area (Å²) in [5, 5.41) is 3.58. The van der Waals surface area contributed by atoms with Gasteiger partial charge in [0.25, 0.3) is 0 Å². The second-order valence-corrected chi connectivity index (χ2v) is 4.78. The third-order valence-corrected chi connectivity index (χ3v) is 3.40. The van der Waals surface area contributed by atoms with Gasteiger partial charge in [-0.2, -0.15) is 0 Å². The van der Waals surface area contributed by atoms with E-state index in [1.807, 2.05) is 12.1 Å². The fourth-order valence-electron chi connectivity index (χ4n) is 2.32. The van der Waals surface area contributed by atoms with Crippen LogP contribution in [0.3, 0.4) is 0 Å². The molecule has 0 aliphatic rings. The summed E-state index contributed by atoms with van der Waals surface area (Å²) in [4.78, 5) is 2.50. The van der Waals surface area contributed by atoms with Crippen LogP contribution in [0.4, 0.5) is 0 Å². The Kier molecular flexibility index (Phi) is 7.53. The van der Waals surface area contributed by atoms with Crippen LogP contribution in [0.15, 0.2) is 24.3 Å². The zero-order valence-electron chi connectivity index (χ0n) is 12.8. The van der Waals surface area contributed by atoms with Crippen LogP contribution in [0, 0.1) is 0 Å². The van der Waals surface area contributed by atoms with Gasteiger partial charge >= 0.3 is 0 Å². The summed E-state index contributed by atoms with van der Waals surface area (Å²) in [5.41, 5.74) is 1.33. The monoisotopic (exact) mass is 264 g/mol. The maximum atomic E-state index is 5.22. The Morgan fingerprint density at radius 1 is 1.16 bits per heavy atom. The van der Waals surface area contributed by atoms with Crippen LogP contribution >= 0.6 is 0 Å². The molecule has 3 heteroatoms. The molecule has 108 valence electrons. The first-order chi connectivity index (χ1) is 9.24. The number of benzene rings is 1. The topological polar surface area (TPSA) is 24.5 Å². The molecule has 1 atom stereocenters. The lowest BCUT2D eigenvalue weighted by Gasteiger charge is -2.27. The second-order valence-electron chi connectivity index (χ2n) is 4.78. The Balaban J connectivity index is 2.74. The molecule has 3 nitrogen and oxygen atoms in total. The van der Waals surface area contributed by atoms with Crippen LogP contribution in [-0.2, 0) is 0 Å². The lowest BCUT2D eigenvalue weighted by atomic mass is 10.1. The fraction of sp³-hybridized carbons (Fsp3) is 0.625. The van der Waals surface area contributed by atoms with Crippen LogP contribution in [0.5, 0.6) is 5.75 Å². The minimum Gasteiger partial charge on any atom is -0.497 e. The molecule has 1 N–H and O–H groups in total. The van der Waals surface area contributed by atoms with Gasteiger partial charge < -0.3 is 15.0 Å². The predicted molar refractivity (Wildman–Crippen MR) is 81.8 cm³/mol. The molecular weight excluding hydrogens is 236 g/mol. The maximum absolute atomic E-state index is 5.22. The molecule has 0 bridgehead atoms. The number of hydrogen-bond donors (Lipinski definition) is 1. The smallest absolute Gasteiger partial charge is 0.118 e. The Hall–Kier alpha value is -1.06. The van der Waals surface area contributed by atoms with Crippen molar-refractivity contribution < 1.29 is 4.74 Å². The van der Waals surface area contributed by atoms with Crippen molar-refractivity contribution >= 4 is 0 Å². The molecule has 0 aliphatic carbocycles. The van der Waals surface area contributed by atoms with Gasteiger partial charge in [0.1, 0.15) is 5.75 Å². The summed E-state index contributed by atoms with van der Waals surface area (Å²) in [7, 11) is 1.71. The fourth-order valence-corrected chi connectivity index (χ4v) is 2.32. The van der Waals surface area contributed by atoms with E-state index in [1.54, 1.807) is 7.11 Å². The first-order valence-corrected chi connectivity index (χ1v) is 7.34.